The van der Waals surface area contributed by atoms with Crippen LogP contribution in [0.1, 0.15) is 64.7 Å². The lowest BCUT2D eigenvalue weighted by Crippen LogP contribution is -2.42. The van der Waals surface area contributed by atoms with Gasteiger partial charge in [-0.2, -0.15) is 4.99 Å². The molecule has 0 aromatic rings. The number of unbranched alkanes of at least 4 members (excludes halogenated alkanes) is 8. The first-order chi connectivity index (χ1) is 11.2. The zero-order valence-corrected chi connectivity index (χ0v) is 16.0. The number of guanidine groups is 2. The fourth-order valence-corrected chi connectivity index (χ4v) is 2.65. The maximum atomic E-state index is 7.92. The number of ether oxygens (including phenoxy) is 1. The van der Waals surface area contributed by atoms with Crippen LogP contribution in [0.5, 0.6) is 0 Å². The molecule has 0 saturated carbocycles. The van der Waals surface area contributed by atoms with Crippen molar-refractivity contribution in [1.82, 2.24) is 10.2 Å². The number of nitrogens with zero attached hydrogens (tertiary/aromatic N) is 2. The minimum absolute atomic E-state index is 0. The van der Waals surface area contributed by atoms with Crippen LogP contribution in [0.4, 0.5) is 0 Å². The molecule has 0 spiro atoms. The molecule has 1 heterocycles. The van der Waals surface area contributed by atoms with E-state index in [0.29, 0.717) is 32.3 Å². The first kappa shape index (κ1) is 23.0. The van der Waals surface area contributed by atoms with Crippen LogP contribution in [0.15, 0.2) is 4.99 Å². The highest BCUT2D eigenvalue weighted by atomic mass is 35.5. The Labute approximate surface area is 153 Å². The monoisotopic (exact) mass is 361 g/mol. The van der Waals surface area contributed by atoms with Gasteiger partial charge in [0.25, 0.3) is 0 Å². The highest BCUT2D eigenvalue weighted by Gasteiger charge is 2.13. The van der Waals surface area contributed by atoms with E-state index in [1.54, 1.807) is 0 Å². The molecule has 24 heavy (non-hydrogen) atoms. The second-order valence-corrected chi connectivity index (χ2v) is 6.18. The van der Waals surface area contributed by atoms with Gasteiger partial charge in [-0.05, 0) is 6.42 Å². The number of nitrogens with one attached hydrogen (secondary N) is 2. The molecule has 0 amide bonds. The number of aliphatic imine (C=N–C) groups is 1. The van der Waals surface area contributed by atoms with Gasteiger partial charge in [0.1, 0.15) is 0 Å². The average molecular weight is 362 g/mol. The fourth-order valence-electron chi connectivity index (χ4n) is 2.65. The smallest absolute Gasteiger partial charge is 0.221 e. The van der Waals surface area contributed by atoms with Gasteiger partial charge >= 0.3 is 0 Å². The van der Waals surface area contributed by atoms with Gasteiger partial charge in [0, 0.05) is 19.6 Å². The van der Waals surface area contributed by atoms with Crippen LogP contribution in [-0.4, -0.2) is 49.7 Å². The fraction of sp³-hybridized carbons (Fsp3) is 0.882. The van der Waals surface area contributed by atoms with Crippen LogP contribution in [0.25, 0.3) is 0 Å². The van der Waals surface area contributed by atoms with Crippen molar-refractivity contribution in [3.63, 3.8) is 0 Å². The van der Waals surface area contributed by atoms with E-state index < -0.39 is 0 Å². The minimum Gasteiger partial charge on any atom is -0.378 e. The van der Waals surface area contributed by atoms with Gasteiger partial charge in [0.15, 0.2) is 5.96 Å². The molecule has 7 heteroatoms. The van der Waals surface area contributed by atoms with Crippen molar-refractivity contribution in [2.45, 2.75) is 64.7 Å². The molecule has 0 radical (unpaired) electrons. The van der Waals surface area contributed by atoms with E-state index in [1.165, 1.54) is 51.4 Å². The van der Waals surface area contributed by atoms with Gasteiger partial charge in [-0.1, -0.05) is 58.3 Å². The molecular formula is C17H36ClN5O. The molecule has 4 N–H and O–H groups in total. The van der Waals surface area contributed by atoms with Gasteiger partial charge in [-0.3, -0.25) is 5.41 Å². The van der Waals surface area contributed by atoms with Crippen LogP contribution in [0.2, 0.25) is 0 Å². The van der Waals surface area contributed by atoms with Crippen molar-refractivity contribution in [3.05, 3.63) is 0 Å². The topological polar surface area (TPSA) is 86.7 Å². The van der Waals surface area contributed by atoms with Gasteiger partial charge in [0.2, 0.25) is 5.96 Å². The highest BCUT2D eigenvalue weighted by molar-refractivity contribution is 5.92. The van der Waals surface area contributed by atoms with Crippen LogP contribution < -0.4 is 11.1 Å². The van der Waals surface area contributed by atoms with Crippen molar-refractivity contribution in [2.24, 2.45) is 10.7 Å². The molecule has 0 atom stereocenters. The number of hydrogen-bond acceptors (Lipinski definition) is 2. The lowest BCUT2D eigenvalue weighted by atomic mass is 10.1. The Morgan fingerprint density at radius 3 is 2.17 bits per heavy atom. The quantitative estimate of drug-likeness (QED) is 0.317. The number of halogens is 1. The standard InChI is InChI=1S/C17H35N5O.ClH/c1-2-3-4-5-6-7-8-9-10-11-20-16(18)21-17(19)22-12-14-23-15-13-22;/h2-15H2,1H3,(H4,18,19,20,21);1H. The summed E-state index contributed by atoms with van der Waals surface area (Å²) in [6, 6.07) is 0. The van der Waals surface area contributed by atoms with Crippen molar-refractivity contribution >= 4 is 24.3 Å². The first-order valence-corrected chi connectivity index (χ1v) is 9.23. The predicted molar refractivity (Wildman–Crippen MR) is 104 cm³/mol. The summed E-state index contributed by atoms with van der Waals surface area (Å²) in [5.74, 6) is 0.575. The summed E-state index contributed by atoms with van der Waals surface area (Å²) in [4.78, 5) is 6.00. The summed E-state index contributed by atoms with van der Waals surface area (Å²) in [5, 5.41) is 11.0. The van der Waals surface area contributed by atoms with E-state index in [0.717, 1.165) is 13.0 Å². The Hall–Kier alpha value is -1.01. The second kappa shape index (κ2) is 15.5. The molecule has 1 saturated heterocycles. The lowest BCUT2D eigenvalue weighted by molar-refractivity contribution is 0.0672. The van der Waals surface area contributed by atoms with Crippen LogP contribution in [0.3, 0.4) is 0 Å². The molecule has 0 aliphatic carbocycles. The molecule has 0 bridgehead atoms. The zero-order valence-electron chi connectivity index (χ0n) is 15.2. The van der Waals surface area contributed by atoms with E-state index in [1.807, 2.05) is 4.90 Å². The Morgan fingerprint density at radius 2 is 1.58 bits per heavy atom. The van der Waals surface area contributed by atoms with Crippen molar-refractivity contribution in [2.75, 3.05) is 32.8 Å². The Bertz CT molecular complexity index is 346. The maximum absolute atomic E-state index is 7.92. The number of rotatable bonds is 10. The summed E-state index contributed by atoms with van der Waals surface area (Å²) in [6.45, 7) is 5.83. The summed E-state index contributed by atoms with van der Waals surface area (Å²) in [7, 11) is 0. The third kappa shape index (κ3) is 11.5. The third-order valence-electron chi connectivity index (χ3n) is 4.12. The highest BCUT2D eigenvalue weighted by Crippen LogP contribution is 2.09. The molecule has 1 aliphatic heterocycles. The predicted octanol–water partition coefficient (Wildman–Crippen LogP) is 3.11. The van der Waals surface area contributed by atoms with Crippen LogP contribution in [0, 0.1) is 5.41 Å². The summed E-state index contributed by atoms with van der Waals surface area (Å²) >= 11 is 0. The van der Waals surface area contributed by atoms with E-state index >= 15 is 0 Å². The van der Waals surface area contributed by atoms with E-state index in [9.17, 15) is 0 Å². The van der Waals surface area contributed by atoms with Gasteiger partial charge in [-0.25, -0.2) is 0 Å². The van der Waals surface area contributed by atoms with Crippen LogP contribution in [-0.2, 0) is 4.74 Å². The molecular weight excluding hydrogens is 326 g/mol. The van der Waals surface area contributed by atoms with E-state index in [4.69, 9.17) is 15.9 Å². The zero-order chi connectivity index (χ0) is 16.8. The molecule has 1 aliphatic rings. The van der Waals surface area contributed by atoms with Gasteiger partial charge in [0.05, 0.1) is 13.2 Å². The third-order valence-corrected chi connectivity index (χ3v) is 4.12. The minimum atomic E-state index is 0. The molecule has 1 rings (SSSR count). The van der Waals surface area contributed by atoms with E-state index in [2.05, 4.69) is 17.2 Å². The van der Waals surface area contributed by atoms with Crippen molar-refractivity contribution in [1.29, 1.82) is 5.41 Å². The molecule has 0 aromatic heterocycles. The average Bonchev–Trinajstić information content (AvgIpc) is 2.57. The molecule has 1 fully saturated rings. The lowest BCUT2D eigenvalue weighted by Gasteiger charge is -2.26. The Morgan fingerprint density at radius 1 is 1.04 bits per heavy atom. The first-order valence-electron chi connectivity index (χ1n) is 9.23. The van der Waals surface area contributed by atoms with Gasteiger partial charge < -0.3 is 20.7 Å². The van der Waals surface area contributed by atoms with Gasteiger partial charge in [-0.15, -0.1) is 12.4 Å². The van der Waals surface area contributed by atoms with E-state index in [-0.39, 0.29) is 18.4 Å². The summed E-state index contributed by atoms with van der Waals surface area (Å²) < 4.78 is 5.26. The molecule has 0 unspecified atom stereocenters. The second-order valence-electron chi connectivity index (χ2n) is 6.18. The number of nitrogens with two attached hydrogens (primary N) is 1. The Balaban J connectivity index is 0.00000529. The SMILES string of the molecule is CCCCCCCCCCCNC(N)=NC(=N)N1CCOCC1.Cl. The maximum Gasteiger partial charge on any atom is 0.221 e. The van der Waals surface area contributed by atoms with Crippen LogP contribution >= 0.6 is 12.4 Å². The summed E-state index contributed by atoms with van der Waals surface area (Å²) in [5.41, 5.74) is 5.83. The summed E-state index contributed by atoms with van der Waals surface area (Å²) in [6.07, 6.45) is 11.8. The van der Waals surface area contributed by atoms with Crippen molar-refractivity contribution in [3.8, 4) is 0 Å². The molecule has 142 valence electrons. The number of morpholine rings is 1. The molecule has 6 nitrogen and oxygen atoms in total. The largest absolute Gasteiger partial charge is 0.378 e. The van der Waals surface area contributed by atoms with Crippen molar-refractivity contribution < 1.29 is 4.74 Å². The molecule has 0 aromatic carbocycles. The number of hydrogen-bond donors (Lipinski definition) is 3. The normalized spacial score (nSPS) is 15.0. The Kier molecular flexibility index (Phi) is 14.9.